The Morgan fingerprint density at radius 1 is 1.29 bits per heavy atom. The van der Waals surface area contributed by atoms with Gasteiger partial charge in [-0.05, 0) is 18.1 Å². The lowest BCUT2D eigenvalue weighted by atomic mass is 10.1. The smallest absolute Gasteiger partial charge is 0.398 e. The Bertz CT molecular complexity index is 379. The van der Waals surface area contributed by atoms with Crippen LogP contribution in [0, 0.1) is 0 Å². The van der Waals surface area contributed by atoms with E-state index in [1.54, 1.807) is 0 Å². The van der Waals surface area contributed by atoms with Crippen molar-refractivity contribution in [1.82, 2.24) is 0 Å². The average Bonchev–Trinajstić information content (AvgIpc) is 2.36. The van der Waals surface area contributed by atoms with E-state index in [2.05, 4.69) is 9.47 Å². The van der Waals surface area contributed by atoms with Crippen LogP contribution in [-0.2, 0) is 6.42 Å². The van der Waals surface area contributed by atoms with Gasteiger partial charge in [0.05, 0.1) is 0 Å². The molecule has 1 heterocycles. The zero-order chi connectivity index (χ0) is 10.3. The number of rotatable bonds is 1. The molecule has 76 valence electrons. The first-order valence-electron chi connectivity index (χ1n) is 4.20. The Balaban J connectivity index is 2.44. The lowest BCUT2D eigenvalue weighted by Crippen LogP contribution is -2.25. The maximum atomic E-state index is 12.6. The van der Waals surface area contributed by atoms with Crippen LogP contribution >= 0.6 is 0 Å². The van der Waals surface area contributed by atoms with Crippen LogP contribution in [0.15, 0.2) is 12.1 Å². The predicted molar refractivity (Wildman–Crippen MR) is 46.4 cm³/mol. The molecule has 2 N–H and O–H groups in total. The van der Waals surface area contributed by atoms with Gasteiger partial charge in [-0.15, -0.1) is 8.78 Å². The molecule has 1 aromatic carbocycles. The second-order valence-electron chi connectivity index (χ2n) is 3.02. The van der Waals surface area contributed by atoms with E-state index >= 15 is 0 Å². The number of anilines is 1. The van der Waals surface area contributed by atoms with Gasteiger partial charge in [0, 0.05) is 11.8 Å². The van der Waals surface area contributed by atoms with E-state index in [4.69, 9.17) is 5.73 Å². The highest BCUT2D eigenvalue weighted by atomic mass is 19.3. The number of ether oxygens (including phenoxy) is 2. The molecule has 0 unspecified atom stereocenters. The lowest BCUT2D eigenvalue weighted by molar-refractivity contribution is -0.286. The topological polar surface area (TPSA) is 44.5 Å². The molecule has 0 aliphatic carbocycles. The summed E-state index contributed by atoms with van der Waals surface area (Å²) in [7, 11) is 0. The normalized spacial score (nSPS) is 17.1. The van der Waals surface area contributed by atoms with Crippen LogP contribution in [0.2, 0.25) is 0 Å². The second-order valence-corrected chi connectivity index (χ2v) is 3.02. The van der Waals surface area contributed by atoms with Crippen LogP contribution in [-0.4, -0.2) is 6.29 Å². The molecule has 1 aliphatic heterocycles. The quantitative estimate of drug-likeness (QED) is 0.708. The molecule has 0 spiro atoms. The fourth-order valence-electron chi connectivity index (χ4n) is 1.36. The van der Waals surface area contributed by atoms with Crippen molar-refractivity contribution in [3.8, 4) is 11.5 Å². The Kier molecular flexibility index (Phi) is 1.77. The van der Waals surface area contributed by atoms with Crippen molar-refractivity contribution in [3.05, 3.63) is 17.7 Å². The van der Waals surface area contributed by atoms with Crippen molar-refractivity contribution in [1.29, 1.82) is 0 Å². The zero-order valence-electron chi connectivity index (χ0n) is 7.51. The van der Waals surface area contributed by atoms with Crippen molar-refractivity contribution in [2.75, 3.05) is 5.73 Å². The monoisotopic (exact) mass is 201 g/mol. The summed E-state index contributed by atoms with van der Waals surface area (Å²) in [6, 6.07) is 2.83. The number of benzene rings is 1. The number of nitrogens with two attached hydrogens (primary N) is 1. The highest BCUT2D eigenvalue weighted by Crippen LogP contribution is 2.43. The van der Waals surface area contributed by atoms with Crippen LogP contribution in [0.1, 0.15) is 12.5 Å². The second kappa shape index (κ2) is 2.73. The molecule has 14 heavy (non-hydrogen) atoms. The Morgan fingerprint density at radius 2 is 1.86 bits per heavy atom. The van der Waals surface area contributed by atoms with Gasteiger partial charge in [-0.3, -0.25) is 0 Å². The summed E-state index contributed by atoms with van der Waals surface area (Å²) in [5.74, 6) is 0.0331. The minimum absolute atomic E-state index is 0.00954. The van der Waals surface area contributed by atoms with E-state index in [-0.39, 0.29) is 11.5 Å². The molecular weight excluding hydrogens is 192 g/mol. The molecule has 0 saturated heterocycles. The van der Waals surface area contributed by atoms with E-state index < -0.39 is 6.29 Å². The molecule has 0 atom stereocenters. The first-order valence-corrected chi connectivity index (χ1v) is 4.20. The van der Waals surface area contributed by atoms with Gasteiger partial charge < -0.3 is 15.2 Å². The van der Waals surface area contributed by atoms with Gasteiger partial charge in [0.25, 0.3) is 0 Å². The predicted octanol–water partition coefficient (Wildman–Crippen LogP) is 2.15. The maximum Gasteiger partial charge on any atom is 0.586 e. The maximum absolute atomic E-state index is 12.6. The van der Waals surface area contributed by atoms with E-state index in [1.807, 2.05) is 6.92 Å². The van der Waals surface area contributed by atoms with Crippen LogP contribution in [0.25, 0.3) is 0 Å². The van der Waals surface area contributed by atoms with Gasteiger partial charge in [-0.25, -0.2) is 0 Å². The zero-order valence-corrected chi connectivity index (χ0v) is 7.51. The molecule has 0 aromatic heterocycles. The van der Waals surface area contributed by atoms with Gasteiger partial charge >= 0.3 is 6.29 Å². The largest absolute Gasteiger partial charge is 0.586 e. The van der Waals surface area contributed by atoms with Crippen LogP contribution in [0.3, 0.4) is 0 Å². The van der Waals surface area contributed by atoms with Gasteiger partial charge in [-0.1, -0.05) is 6.92 Å². The molecule has 2 rings (SSSR count). The van der Waals surface area contributed by atoms with Crippen LogP contribution in [0.4, 0.5) is 14.5 Å². The first kappa shape index (κ1) is 9.05. The van der Waals surface area contributed by atoms with Crippen molar-refractivity contribution >= 4 is 5.69 Å². The Morgan fingerprint density at radius 3 is 2.43 bits per heavy atom. The number of halogens is 2. The molecule has 3 nitrogen and oxygen atoms in total. The highest BCUT2D eigenvalue weighted by molar-refractivity contribution is 5.58. The van der Waals surface area contributed by atoms with Gasteiger partial charge in [0.2, 0.25) is 0 Å². The molecule has 0 amide bonds. The van der Waals surface area contributed by atoms with Crippen LogP contribution < -0.4 is 15.2 Å². The van der Waals surface area contributed by atoms with Crippen molar-refractivity contribution in [2.24, 2.45) is 0 Å². The number of nitrogen functional groups attached to an aromatic ring is 1. The third-order valence-corrected chi connectivity index (χ3v) is 2.04. The Labute approximate surface area is 79.4 Å². The summed E-state index contributed by atoms with van der Waals surface area (Å²) in [4.78, 5) is 0. The fourth-order valence-corrected chi connectivity index (χ4v) is 1.36. The SMILES string of the molecule is CCc1cc2c(cc1N)OC(F)(F)O2. The molecule has 0 radical (unpaired) electrons. The third-order valence-electron chi connectivity index (χ3n) is 2.04. The molecule has 1 aliphatic rings. The molecule has 5 heteroatoms. The molecule has 0 fully saturated rings. The van der Waals surface area contributed by atoms with Gasteiger partial charge in [0.15, 0.2) is 11.5 Å². The van der Waals surface area contributed by atoms with Gasteiger partial charge in [-0.2, -0.15) is 0 Å². The summed E-state index contributed by atoms with van der Waals surface area (Å²) in [6.07, 6.45) is -2.91. The number of fused-ring (bicyclic) bond motifs is 1. The van der Waals surface area contributed by atoms with Crippen molar-refractivity contribution in [3.63, 3.8) is 0 Å². The summed E-state index contributed by atoms with van der Waals surface area (Å²) in [5.41, 5.74) is 6.82. The third kappa shape index (κ3) is 1.34. The molecule has 0 bridgehead atoms. The first-order chi connectivity index (χ1) is 6.52. The number of alkyl halides is 2. The summed E-state index contributed by atoms with van der Waals surface area (Å²) < 4.78 is 33.8. The highest BCUT2D eigenvalue weighted by Gasteiger charge is 2.43. The van der Waals surface area contributed by atoms with E-state index in [9.17, 15) is 8.78 Å². The number of hydrogen-bond donors (Lipinski definition) is 1. The van der Waals surface area contributed by atoms with E-state index in [0.29, 0.717) is 12.1 Å². The number of hydrogen-bond acceptors (Lipinski definition) is 3. The van der Waals surface area contributed by atoms with Crippen molar-refractivity contribution in [2.45, 2.75) is 19.6 Å². The Hall–Kier alpha value is -1.52. The minimum atomic E-state index is -3.57. The summed E-state index contributed by atoms with van der Waals surface area (Å²) in [6.45, 7) is 1.88. The lowest BCUT2D eigenvalue weighted by Gasteiger charge is -2.04. The molecule has 0 saturated carbocycles. The van der Waals surface area contributed by atoms with E-state index in [1.165, 1.54) is 12.1 Å². The average molecular weight is 201 g/mol. The van der Waals surface area contributed by atoms with E-state index in [0.717, 1.165) is 5.56 Å². The molecule has 1 aromatic rings. The minimum Gasteiger partial charge on any atom is -0.398 e. The fraction of sp³-hybridized carbons (Fsp3) is 0.333. The molecular formula is C9H9F2NO2. The van der Waals surface area contributed by atoms with Crippen LogP contribution in [0.5, 0.6) is 11.5 Å². The summed E-state index contributed by atoms with van der Waals surface area (Å²) >= 11 is 0. The standard InChI is InChI=1S/C9H9F2NO2/c1-2-5-3-7-8(4-6(5)12)14-9(10,11)13-7/h3-4H,2,12H2,1H3. The number of aryl methyl sites for hydroxylation is 1. The van der Waals surface area contributed by atoms with Crippen molar-refractivity contribution < 1.29 is 18.3 Å². The van der Waals surface area contributed by atoms with Gasteiger partial charge in [0.1, 0.15) is 0 Å². The summed E-state index contributed by atoms with van der Waals surface area (Å²) in [5, 5.41) is 0.